The lowest BCUT2D eigenvalue weighted by molar-refractivity contribution is 0.415. The number of thiophene rings is 1. The summed E-state index contributed by atoms with van der Waals surface area (Å²) < 4.78 is 6.76. The van der Waals surface area contributed by atoms with E-state index in [1.54, 1.807) is 7.11 Å². The summed E-state index contributed by atoms with van der Waals surface area (Å²) in [6.45, 7) is 6.44. The molecule has 0 fully saturated rings. The highest BCUT2D eigenvalue weighted by molar-refractivity contribution is 7.80. The van der Waals surface area contributed by atoms with Gasteiger partial charge in [0.2, 0.25) is 0 Å². The predicted octanol–water partition coefficient (Wildman–Crippen LogP) is 7.18. The van der Waals surface area contributed by atoms with E-state index in [0.717, 1.165) is 18.8 Å². The maximum absolute atomic E-state index is 5.48. The SMILES string of the molecule is CCN(CC)c1ccc(-c2cc3cc(OC)ccc3s2)c(P(c2ccccc2)c2ccccc2)c1. The molecule has 5 aromatic rings. The Kier molecular flexibility index (Phi) is 7.18. The minimum absolute atomic E-state index is 0.725. The Balaban J connectivity index is 1.75. The monoisotopic (exact) mass is 495 g/mol. The summed E-state index contributed by atoms with van der Waals surface area (Å²) in [6, 6.07) is 37.7. The summed E-state index contributed by atoms with van der Waals surface area (Å²) in [5.41, 5.74) is 2.61. The van der Waals surface area contributed by atoms with E-state index in [2.05, 4.69) is 116 Å². The van der Waals surface area contributed by atoms with E-state index in [0.29, 0.717) is 0 Å². The molecule has 2 nitrogen and oxygen atoms in total. The molecule has 35 heavy (non-hydrogen) atoms. The Morgan fingerprint density at radius 1 is 0.743 bits per heavy atom. The highest BCUT2D eigenvalue weighted by Crippen LogP contribution is 2.42. The van der Waals surface area contributed by atoms with Crippen molar-refractivity contribution in [3.63, 3.8) is 0 Å². The van der Waals surface area contributed by atoms with Gasteiger partial charge < -0.3 is 9.64 Å². The normalized spacial score (nSPS) is 11.2. The van der Waals surface area contributed by atoms with Crippen LogP contribution in [0.3, 0.4) is 0 Å². The molecule has 0 aliphatic carbocycles. The average Bonchev–Trinajstić information content (AvgIpc) is 3.34. The maximum Gasteiger partial charge on any atom is 0.119 e. The van der Waals surface area contributed by atoms with Crippen molar-refractivity contribution in [3.8, 4) is 16.2 Å². The van der Waals surface area contributed by atoms with E-state index in [1.807, 2.05) is 17.4 Å². The molecule has 4 aromatic carbocycles. The van der Waals surface area contributed by atoms with E-state index < -0.39 is 7.92 Å². The van der Waals surface area contributed by atoms with Gasteiger partial charge in [0.25, 0.3) is 0 Å². The Morgan fingerprint density at radius 3 is 2.00 bits per heavy atom. The van der Waals surface area contributed by atoms with Gasteiger partial charge in [0.1, 0.15) is 5.75 Å². The van der Waals surface area contributed by atoms with Crippen LogP contribution >= 0.6 is 19.3 Å². The van der Waals surface area contributed by atoms with Gasteiger partial charge in [-0.3, -0.25) is 0 Å². The smallest absolute Gasteiger partial charge is 0.119 e. The standard InChI is InChI=1S/C31H30NOPS/c1-4-32(5-2)24-16-18-28(31-21-23-20-25(33-3)17-19-30(23)35-31)29(22-24)34(26-12-8-6-9-13-26)27-14-10-7-11-15-27/h6-22H,4-5H2,1-3H3. The van der Waals surface area contributed by atoms with Crippen LogP contribution in [-0.2, 0) is 0 Å². The zero-order valence-electron chi connectivity index (χ0n) is 20.4. The second-order valence-electron chi connectivity index (χ2n) is 8.39. The number of methoxy groups -OCH3 is 1. The molecule has 5 rings (SSSR count). The molecule has 0 saturated carbocycles. The summed E-state index contributed by atoms with van der Waals surface area (Å²) in [5, 5.41) is 5.37. The quantitative estimate of drug-likeness (QED) is 0.211. The highest BCUT2D eigenvalue weighted by atomic mass is 32.1. The van der Waals surface area contributed by atoms with Gasteiger partial charge in [0.05, 0.1) is 7.11 Å². The fraction of sp³-hybridized carbons (Fsp3) is 0.161. The van der Waals surface area contributed by atoms with Crippen molar-refractivity contribution in [2.24, 2.45) is 0 Å². The summed E-state index contributed by atoms with van der Waals surface area (Å²) in [7, 11) is 1.00. The van der Waals surface area contributed by atoms with Gasteiger partial charge in [-0.05, 0) is 79.5 Å². The summed E-state index contributed by atoms with van der Waals surface area (Å²) >= 11 is 1.86. The minimum atomic E-state index is -0.725. The highest BCUT2D eigenvalue weighted by Gasteiger charge is 2.22. The first-order valence-electron chi connectivity index (χ1n) is 12.1. The minimum Gasteiger partial charge on any atom is -0.497 e. The lowest BCUT2D eigenvalue weighted by Crippen LogP contribution is -2.26. The van der Waals surface area contributed by atoms with E-state index >= 15 is 0 Å². The first-order valence-corrected chi connectivity index (χ1v) is 14.2. The molecule has 0 N–H and O–H groups in total. The van der Waals surface area contributed by atoms with Crippen LogP contribution in [0.4, 0.5) is 5.69 Å². The largest absolute Gasteiger partial charge is 0.497 e. The number of ether oxygens (including phenoxy) is 1. The van der Waals surface area contributed by atoms with Gasteiger partial charge in [-0.15, -0.1) is 11.3 Å². The molecule has 1 aromatic heterocycles. The summed E-state index contributed by atoms with van der Waals surface area (Å²) in [6.07, 6.45) is 0. The molecule has 1 heterocycles. The van der Waals surface area contributed by atoms with Crippen molar-refractivity contribution >= 4 is 50.9 Å². The lowest BCUT2D eigenvalue weighted by Gasteiger charge is -2.26. The molecule has 0 radical (unpaired) electrons. The van der Waals surface area contributed by atoms with Gasteiger partial charge in [-0.1, -0.05) is 66.7 Å². The molecule has 0 spiro atoms. The van der Waals surface area contributed by atoms with Crippen LogP contribution in [0.15, 0.2) is 103 Å². The van der Waals surface area contributed by atoms with Crippen molar-refractivity contribution < 1.29 is 4.74 Å². The van der Waals surface area contributed by atoms with E-state index in [1.165, 1.54) is 42.1 Å². The predicted molar refractivity (Wildman–Crippen MR) is 156 cm³/mol. The van der Waals surface area contributed by atoms with Gasteiger partial charge in [0.15, 0.2) is 0 Å². The molecule has 0 saturated heterocycles. The first kappa shape index (κ1) is 23.6. The number of hydrogen-bond acceptors (Lipinski definition) is 3. The zero-order valence-corrected chi connectivity index (χ0v) is 22.2. The van der Waals surface area contributed by atoms with Crippen molar-refractivity contribution in [1.29, 1.82) is 0 Å². The van der Waals surface area contributed by atoms with Crippen molar-refractivity contribution in [2.75, 3.05) is 25.1 Å². The molecule has 0 aliphatic rings. The number of nitrogens with zero attached hydrogens (tertiary/aromatic N) is 1. The Hall–Kier alpha value is -3.13. The van der Waals surface area contributed by atoms with Gasteiger partial charge in [-0.25, -0.2) is 0 Å². The van der Waals surface area contributed by atoms with Crippen LogP contribution < -0.4 is 25.6 Å². The molecule has 0 bridgehead atoms. The van der Waals surface area contributed by atoms with E-state index in [4.69, 9.17) is 4.74 Å². The molecule has 0 aliphatic heterocycles. The third-order valence-corrected chi connectivity index (χ3v) is 10.00. The second kappa shape index (κ2) is 10.6. The molecule has 0 amide bonds. The Labute approximate surface area is 213 Å². The Bertz CT molecular complexity index is 1370. The molecule has 0 atom stereocenters. The topological polar surface area (TPSA) is 12.5 Å². The summed E-state index contributed by atoms with van der Waals surface area (Å²) in [4.78, 5) is 3.74. The molecule has 176 valence electrons. The van der Waals surface area contributed by atoms with Crippen LogP contribution in [0.5, 0.6) is 5.75 Å². The number of fused-ring (bicyclic) bond motifs is 1. The molecular formula is C31H30NOPS. The van der Waals surface area contributed by atoms with Gasteiger partial charge in [-0.2, -0.15) is 0 Å². The fourth-order valence-electron chi connectivity index (χ4n) is 4.56. The van der Waals surface area contributed by atoms with Crippen molar-refractivity contribution in [1.82, 2.24) is 0 Å². The fourth-order valence-corrected chi connectivity index (χ4v) is 8.21. The van der Waals surface area contributed by atoms with Crippen LogP contribution in [0, 0.1) is 0 Å². The molecule has 4 heteroatoms. The zero-order chi connectivity index (χ0) is 24.2. The van der Waals surface area contributed by atoms with E-state index in [9.17, 15) is 0 Å². The van der Waals surface area contributed by atoms with Crippen LogP contribution in [0.25, 0.3) is 20.5 Å². The van der Waals surface area contributed by atoms with Gasteiger partial charge in [0, 0.05) is 33.9 Å². The number of anilines is 1. The molecule has 0 unspecified atom stereocenters. The van der Waals surface area contributed by atoms with Crippen LogP contribution in [0.2, 0.25) is 0 Å². The van der Waals surface area contributed by atoms with Gasteiger partial charge >= 0.3 is 0 Å². The third kappa shape index (κ3) is 4.85. The maximum atomic E-state index is 5.48. The number of benzene rings is 4. The first-order chi connectivity index (χ1) is 17.2. The number of hydrogen-bond donors (Lipinski definition) is 0. The van der Waals surface area contributed by atoms with Crippen molar-refractivity contribution in [2.45, 2.75) is 13.8 Å². The third-order valence-electron chi connectivity index (χ3n) is 6.37. The van der Waals surface area contributed by atoms with Crippen LogP contribution in [-0.4, -0.2) is 20.2 Å². The Morgan fingerprint density at radius 2 is 1.40 bits per heavy atom. The molecular weight excluding hydrogens is 465 g/mol. The van der Waals surface area contributed by atoms with Crippen LogP contribution in [0.1, 0.15) is 13.8 Å². The number of rotatable bonds is 8. The van der Waals surface area contributed by atoms with E-state index in [-0.39, 0.29) is 0 Å². The lowest BCUT2D eigenvalue weighted by atomic mass is 10.1. The van der Waals surface area contributed by atoms with Crippen molar-refractivity contribution in [3.05, 3.63) is 103 Å². The summed E-state index contributed by atoms with van der Waals surface area (Å²) in [5.74, 6) is 0.898. The average molecular weight is 496 g/mol. The second-order valence-corrected chi connectivity index (χ2v) is 11.7.